The Hall–Kier alpha value is -1.42. The molecule has 21 heavy (non-hydrogen) atoms. The number of nitrogens with zero attached hydrogens (tertiary/aromatic N) is 1. The highest BCUT2D eigenvalue weighted by Gasteiger charge is 2.20. The van der Waals surface area contributed by atoms with Crippen molar-refractivity contribution in [1.29, 1.82) is 5.26 Å². The van der Waals surface area contributed by atoms with Crippen molar-refractivity contribution < 1.29 is 14.3 Å². The second kappa shape index (κ2) is 8.13. The number of carbonyl (C=O) groups excluding carboxylic acids is 1. The second-order valence-electron chi connectivity index (χ2n) is 4.97. The lowest BCUT2D eigenvalue weighted by Crippen LogP contribution is -2.19. The third kappa shape index (κ3) is 4.27. The molecule has 5 nitrogen and oxygen atoms in total. The van der Waals surface area contributed by atoms with E-state index in [0.717, 1.165) is 31.2 Å². The Bertz CT molecular complexity index is 534. The van der Waals surface area contributed by atoms with Crippen LogP contribution in [0, 0.1) is 11.3 Å². The molecule has 0 spiro atoms. The number of anilines is 1. The molecule has 2 rings (SSSR count). The van der Waals surface area contributed by atoms with E-state index in [1.165, 1.54) is 22.6 Å². The van der Waals surface area contributed by atoms with E-state index in [9.17, 15) is 10.1 Å². The van der Waals surface area contributed by atoms with Crippen molar-refractivity contribution in [3.05, 3.63) is 16.0 Å². The Morgan fingerprint density at radius 2 is 2.14 bits per heavy atom. The fourth-order valence-electron chi connectivity index (χ4n) is 2.42. The van der Waals surface area contributed by atoms with Gasteiger partial charge in [-0.1, -0.05) is 6.42 Å². The van der Waals surface area contributed by atoms with Crippen LogP contribution in [-0.2, 0) is 27.1 Å². The smallest absolute Gasteiger partial charge is 0.251 e. The van der Waals surface area contributed by atoms with Gasteiger partial charge in [0.1, 0.15) is 17.7 Å². The van der Waals surface area contributed by atoms with Gasteiger partial charge in [-0.15, -0.1) is 11.3 Å². The molecule has 114 valence electrons. The number of aryl methyl sites for hydroxylation is 1. The van der Waals surface area contributed by atoms with E-state index in [0.29, 0.717) is 23.8 Å². The maximum absolute atomic E-state index is 11.8. The molecule has 1 aliphatic carbocycles. The summed E-state index contributed by atoms with van der Waals surface area (Å²) in [5.41, 5.74) is 1.78. The quantitative estimate of drug-likeness (QED) is 0.647. The number of nitrogens with one attached hydrogen (secondary N) is 1. The molecule has 1 N–H and O–H groups in total. The summed E-state index contributed by atoms with van der Waals surface area (Å²) in [6, 6.07) is 2.25. The molecule has 0 radical (unpaired) electrons. The van der Waals surface area contributed by atoms with Gasteiger partial charge in [0, 0.05) is 12.0 Å². The minimum Gasteiger partial charge on any atom is -0.382 e. The van der Waals surface area contributed by atoms with Crippen molar-refractivity contribution in [2.45, 2.75) is 32.1 Å². The van der Waals surface area contributed by atoms with E-state index < -0.39 is 0 Å². The Morgan fingerprint density at radius 1 is 1.33 bits per heavy atom. The van der Waals surface area contributed by atoms with Crippen LogP contribution in [0.3, 0.4) is 0 Å². The van der Waals surface area contributed by atoms with Gasteiger partial charge in [-0.2, -0.15) is 5.26 Å². The van der Waals surface area contributed by atoms with Crippen LogP contribution in [0.5, 0.6) is 0 Å². The second-order valence-corrected chi connectivity index (χ2v) is 6.08. The van der Waals surface area contributed by atoms with Crippen LogP contribution in [0.25, 0.3) is 0 Å². The highest BCUT2D eigenvalue weighted by atomic mass is 32.1. The zero-order valence-electron chi connectivity index (χ0n) is 12.2. The largest absolute Gasteiger partial charge is 0.382 e. The number of ether oxygens (including phenoxy) is 2. The number of carbonyl (C=O) groups is 1. The molecule has 1 aromatic rings. The van der Waals surface area contributed by atoms with Gasteiger partial charge in [-0.3, -0.25) is 4.79 Å². The van der Waals surface area contributed by atoms with Gasteiger partial charge in [0.2, 0.25) is 0 Å². The molecule has 1 aliphatic rings. The summed E-state index contributed by atoms with van der Waals surface area (Å²) in [4.78, 5) is 13.1. The Morgan fingerprint density at radius 3 is 2.90 bits per heavy atom. The van der Waals surface area contributed by atoms with Gasteiger partial charge in [-0.25, -0.2) is 0 Å². The highest BCUT2D eigenvalue weighted by Crippen LogP contribution is 2.36. The van der Waals surface area contributed by atoms with E-state index in [1.54, 1.807) is 7.11 Å². The van der Waals surface area contributed by atoms with Crippen LogP contribution < -0.4 is 5.32 Å². The van der Waals surface area contributed by atoms with Gasteiger partial charge < -0.3 is 14.8 Å². The summed E-state index contributed by atoms with van der Waals surface area (Å²) in [6.45, 7) is 0.830. The topological polar surface area (TPSA) is 71.3 Å². The normalized spacial score (nSPS) is 14.1. The van der Waals surface area contributed by atoms with E-state index in [2.05, 4.69) is 11.4 Å². The Labute approximate surface area is 128 Å². The molecular formula is C15H20N2O3S. The summed E-state index contributed by atoms with van der Waals surface area (Å²) in [5, 5.41) is 12.8. The molecule has 1 heterocycles. The fraction of sp³-hybridized carbons (Fsp3) is 0.600. The molecule has 0 saturated carbocycles. The lowest BCUT2D eigenvalue weighted by atomic mass is 10.1. The number of hydrogen-bond acceptors (Lipinski definition) is 5. The average Bonchev–Trinajstić information content (AvgIpc) is 2.64. The lowest BCUT2D eigenvalue weighted by Gasteiger charge is -2.05. The molecule has 6 heteroatoms. The maximum atomic E-state index is 11.8. The summed E-state index contributed by atoms with van der Waals surface area (Å²) < 4.78 is 10.0. The molecule has 0 aromatic carbocycles. The van der Waals surface area contributed by atoms with E-state index >= 15 is 0 Å². The maximum Gasteiger partial charge on any atom is 0.251 e. The van der Waals surface area contributed by atoms with E-state index in [1.807, 2.05) is 0 Å². The van der Waals surface area contributed by atoms with Crippen molar-refractivity contribution in [1.82, 2.24) is 0 Å². The molecule has 0 fully saturated rings. The van der Waals surface area contributed by atoms with Crippen LogP contribution in [0.2, 0.25) is 0 Å². The average molecular weight is 308 g/mol. The molecule has 1 aromatic heterocycles. The number of nitriles is 1. The third-order valence-electron chi connectivity index (χ3n) is 3.45. The van der Waals surface area contributed by atoms with E-state index in [-0.39, 0.29) is 12.5 Å². The van der Waals surface area contributed by atoms with Crippen molar-refractivity contribution >= 4 is 22.2 Å². The van der Waals surface area contributed by atoms with Crippen molar-refractivity contribution in [2.75, 3.05) is 32.2 Å². The van der Waals surface area contributed by atoms with Crippen LogP contribution in [0.15, 0.2) is 0 Å². The third-order valence-corrected chi connectivity index (χ3v) is 4.66. The summed E-state index contributed by atoms with van der Waals surface area (Å²) in [6.07, 6.45) is 5.43. The number of fused-ring (bicyclic) bond motifs is 1. The van der Waals surface area contributed by atoms with Gasteiger partial charge in [0.05, 0.1) is 18.8 Å². The van der Waals surface area contributed by atoms with Crippen molar-refractivity contribution in [3.8, 4) is 6.07 Å². The minimum absolute atomic E-state index is 0.0171. The monoisotopic (exact) mass is 308 g/mol. The van der Waals surface area contributed by atoms with Gasteiger partial charge in [0.25, 0.3) is 5.91 Å². The summed E-state index contributed by atoms with van der Waals surface area (Å²) in [5.74, 6) is -0.223. The minimum atomic E-state index is -0.223. The zero-order valence-corrected chi connectivity index (χ0v) is 13.1. The molecule has 0 atom stereocenters. The first-order chi connectivity index (χ1) is 10.3. The molecule has 0 aliphatic heterocycles. The molecule has 0 saturated heterocycles. The van der Waals surface area contributed by atoms with Gasteiger partial charge in [-0.05, 0) is 31.2 Å². The number of rotatable bonds is 6. The number of thiophene rings is 1. The predicted octanol–water partition coefficient (Wildman–Crippen LogP) is 2.49. The Kier molecular flexibility index (Phi) is 6.18. The number of hydrogen-bond donors (Lipinski definition) is 1. The van der Waals surface area contributed by atoms with Gasteiger partial charge in [0.15, 0.2) is 0 Å². The first-order valence-corrected chi connectivity index (χ1v) is 7.99. The SMILES string of the molecule is COCCOCC(=O)Nc1sc2c(c1C#N)CCCCC2. The molecule has 0 bridgehead atoms. The molecule has 0 unspecified atom stereocenters. The van der Waals surface area contributed by atoms with Crippen LogP contribution >= 0.6 is 11.3 Å². The van der Waals surface area contributed by atoms with Gasteiger partial charge >= 0.3 is 0 Å². The molecule has 1 amide bonds. The predicted molar refractivity (Wildman–Crippen MR) is 81.6 cm³/mol. The van der Waals surface area contributed by atoms with E-state index in [4.69, 9.17) is 9.47 Å². The first kappa shape index (κ1) is 16.0. The fourth-order valence-corrected chi connectivity index (χ4v) is 3.67. The van der Waals surface area contributed by atoms with Crippen LogP contribution in [0.4, 0.5) is 5.00 Å². The van der Waals surface area contributed by atoms with Crippen molar-refractivity contribution in [2.24, 2.45) is 0 Å². The van der Waals surface area contributed by atoms with Crippen LogP contribution in [-0.4, -0.2) is 32.8 Å². The Balaban J connectivity index is 2.00. The number of amides is 1. The van der Waals surface area contributed by atoms with Crippen molar-refractivity contribution in [3.63, 3.8) is 0 Å². The molecular weight excluding hydrogens is 288 g/mol. The standard InChI is InChI=1S/C15H20N2O3S/c1-19-7-8-20-10-14(18)17-15-12(9-16)11-5-3-2-4-6-13(11)21-15/h2-8,10H2,1H3,(H,17,18). The number of methoxy groups -OCH3 is 1. The lowest BCUT2D eigenvalue weighted by molar-refractivity contribution is -0.121. The summed E-state index contributed by atoms with van der Waals surface area (Å²) >= 11 is 1.54. The zero-order chi connectivity index (χ0) is 15.1. The first-order valence-electron chi connectivity index (χ1n) is 7.17. The highest BCUT2D eigenvalue weighted by molar-refractivity contribution is 7.16. The summed E-state index contributed by atoms with van der Waals surface area (Å²) in [7, 11) is 1.58. The van der Waals surface area contributed by atoms with Crippen LogP contribution in [0.1, 0.15) is 35.3 Å².